The van der Waals surface area contributed by atoms with Gasteiger partial charge < -0.3 is 23.4 Å². The molecular weight excluding hydrogens is 661 g/mol. The standard InChI is InChI=1S/C42H82NO7P/c1-6-8-10-12-14-16-18-20-21-23-25-27-29-31-33-35-42(45)50-40(39-49-51(46,47)37-36-43(3,4)5)38-48-41(44)34-32-30-28-26-24-22-19-17-15-13-11-9-7-2/h20-21,40H,6-19,22-39H2,1-5H3/p+1/b21-20-. The topological polar surface area (TPSA) is 99.1 Å². The van der Waals surface area contributed by atoms with Crippen molar-refractivity contribution < 1.29 is 37.5 Å². The van der Waals surface area contributed by atoms with Crippen LogP contribution in [0.3, 0.4) is 0 Å². The highest BCUT2D eigenvalue weighted by atomic mass is 31.2. The highest BCUT2D eigenvalue weighted by Gasteiger charge is 2.27. The van der Waals surface area contributed by atoms with Crippen LogP contribution < -0.4 is 0 Å². The van der Waals surface area contributed by atoms with Crippen molar-refractivity contribution in [2.24, 2.45) is 0 Å². The third kappa shape index (κ3) is 38.3. The van der Waals surface area contributed by atoms with E-state index in [1.54, 1.807) is 0 Å². The number of carbonyl (C=O) groups is 2. The first-order valence-electron chi connectivity index (χ1n) is 21.3. The van der Waals surface area contributed by atoms with Crippen molar-refractivity contribution in [1.29, 1.82) is 0 Å². The van der Waals surface area contributed by atoms with E-state index in [0.29, 0.717) is 17.4 Å². The van der Waals surface area contributed by atoms with Gasteiger partial charge in [-0.1, -0.05) is 154 Å². The lowest BCUT2D eigenvalue weighted by Gasteiger charge is -2.25. The predicted molar refractivity (Wildman–Crippen MR) is 214 cm³/mol. The van der Waals surface area contributed by atoms with Crippen molar-refractivity contribution in [2.45, 2.75) is 200 Å². The van der Waals surface area contributed by atoms with Gasteiger partial charge in [0.25, 0.3) is 0 Å². The Labute approximate surface area is 315 Å². The smallest absolute Gasteiger partial charge is 0.333 e. The predicted octanol–water partition coefficient (Wildman–Crippen LogP) is 11.9. The molecule has 9 heteroatoms. The molecule has 0 heterocycles. The lowest BCUT2D eigenvalue weighted by Crippen LogP contribution is -2.37. The zero-order chi connectivity index (χ0) is 37.9. The van der Waals surface area contributed by atoms with Crippen LogP contribution in [0.4, 0.5) is 0 Å². The average Bonchev–Trinajstić information content (AvgIpc) is 3.08. The maximum Gasteiger partial charge on any atom is 0.333 e. The van der Waals surface area contributed by atoms with Crippen LogP contribution in [-0.2, 0) is 28.2 Å². The average molecular weight is 745 g/mol. The molecule has 0 aliphatic heterocycles. The molecule has 0 aliphatic rings. The van der Waals surface area contributed by atoms with Crippen LogP contribution in [0.1, 0.15) is 194 Å². The molecule has 2 unspecified atom stereocenters. The number of unbranched alkanes of at least 4 members (excludes halogenated alkanes) is 23. The molecule has 0 rings (SSSR count). The largest absolute Gasteiger partial charge is 0.462 e. The summed E-state index contributed by atoms with van der Waals surface area (Å²) in [6.45, 7) is 4.51. The van der Waals surface area contributed by atoms with Gasteiger partial charge >= 0.3 is 19.5 Å². The Hall–Kier alpha value is -1.21. The first-order chi connectivity index (χ1) is 24.5. The molecule has 0 bridgehead atoms. The Balaban J connectivity index is 4.33. The van der Waals surface area contributed by atoms with Gasteiger partial charge in [-0.3, -0.25) is 14.2 Å². The lowest BCUT2D eigenvalue weighted by atomic mass is 10.0. The summed E-state index contributed by atoms with van der Waals surface area (Å²) in [5.74, 6) is -0.735. The molecule has 2 atom stereocenters. The zero-order valence-corrected chi connectivity index (χ0v) is 35.0. The normalized spacial score (nSPS) is 13.8. The highest BCUT2D eigenvalue weighted by Crippen LogP contribution is 2.42. The fraction of sp³-hybridized carbons (Fsp3) is 0.905. The quantitative estimate of drug-likeness (QED) is 0.0221. The highest BCUT2D eigenvalue weighted by molar-refractivity contribution is 7.52. The number of nitrogens with zero attached hydrogens (tertiary/aromatic N) is 1. The van der Waals surface area contributed by atoms with Crippen LogP contribution in [-0.4, -0.2) is 74.5 Å². The summed E-state index contributed by atoms with van der Waals surface area (Å²) in [4.78, 5) is 35.5. The number of allylic oxidation sites excluding steroid dienone is 2. The summed E-state index contributed by atoms with van der Waals surface area (Å²) in [5, 5.41) is 0. The maximum atomic E-state index is 12.7. The van der Waals surface area contributed by atoms with Gasteiger partial charge in [-0.2, -0.15) is 0 Å². The third-order valence-corrected chi connectivity index (χ3v) is 10.7. The van der Waals surface area contributed by atoms with E-state index in [2.05, 4.69) is 26.0 Å². The molecule has 1 N–H and O–H groups in total. The van der Waals surface area contributed by atoms with Gasteiger partial charge in [0.15, 0.2) is 6.10 Å². The molecule has 0 fully saturated rings. The molecule has 0 spiro atoms. The molecule has 0 aromatic rings. The fourth-order valence-corrected chi connectivity index (χ4v) is 7.32. The van der Waals surface area contributed by atoms with E-state index in [4.69, 9.17) is 14.0 Å². The Morgan fingerprint density at radius 2 is 0.980 bits per heavy atom. The first-order valence-corrected chi connectivity index (χ1v) is 23.0. The van der Waals surface area contributed by atoms with Gasteiger partial charge in [-0.15, -0.1) is 0 Å². The number of quaternary nitrogens is 1. The second-order valence-corrected chi connectivity index (χ2v) is 17.8. The molecule has 0 aliphatic carbocycles. The Morgan fingerprint density at radius 1 is 0.588 bits per heavy atom. The number of rotatable bonds is 38. The van der Waals surface area contributed by atoms with Crippen LogP contribution in [0, 0.1) is 0 Å². The molecule has 0 amide bonds. The molecule has 302 valence electrons. The minimum atomic E-state index is -3.88. The van der Waals surface area contributed by atoms with Gasteiger partial charge in [0.2, 0.25) is 0 Å². The van der Waals surface area contributed by atoms with Gasteiger partial charge in [0.05, 0.1) is 40.5 Å². The summed E-state index contributed by atoms with van der Waals surface area (Å²) in [7, 11) is 1.94. The second kappa shape index (κ2) is 34.6. The van der Waals surface area contributed by atoms with E-state index in [1.807, 2.05) is 21.1 Å². The van der Waals surface area contributed by atoms with Crippen LogP contribution in [0.15, 0.2) is 12.2 Å². The van der Waals surface area contributed by atoms with Crippen molar-refractivity contribution in [3.05, 3.63) is 12.2 Å². The molecule has 0 radical (unpaired) electrons. The third-order valence-electron chi connectivity index (χ3n) is 9.37. The summed E-state index contributed by atoms with van der Waals surface area (Å²) < 4.78 is 29.6. The molecule has 51 heavy (non-hydrogen) atoms. The van der Waals surface area contributed by atoms with E-state index in [9.17, 15) is 19.0 Å². The van der Waals surface area contributed by atoms with Gasteiger partial charge in [0, 0.05) is 12.8 Å². The summed E-state index contributed by atoms with van der Waals surface area (Å²) in [6.07, 6.45) is 35.7. The van der Waals surface area contributed by atoms with Crippen molar-refractivity contribution in [3.63, 3.8) is 0 Å². The molecule has 0 saturated heterocycles. The minimum Gasteiger partial charge on any atom is -0.462 e. The van der Waals surface area contributed by atoms with E-state index >= 15 is 0 Å². The summed E-state index contributed by atoms with van der Waals surface area (Å²) in [6, 6.07) is 0. The number of ether oxygens (including phenoxy) is 2. The zero-order valence-electron chi connectivity index (χ0n) is 34.2. The summed E-state index contributed by atoms with van der Waals surface area (Å²) in [5.41, 5.74) is 0. The van der Waals surface area contributed by atoms with E-state index in [1.165, 1.54) is 109 Å². The fourth-order valence-electron chi connectivity index (χ4n) is 5.94. The van der Waals surface area contributed by atoms with Crippen molar-refractivity contribution in [3.8, 4) is 0 Å². The Bertz CT molecular complexity index is 889. The number of hydrogen-bond acceptors (Lipinski definition) is 6. The molecule has 0 saturated carbocycles. The van der Waals surface area contributed by atoms with E-state index in [0.717, 1.165) is 57.8 Å². The van der Waals surface area contributed by atoms with Crippen LogP contribution in [0.25, 0.3) is 0 Å². The van der Waals surface area contributed by atoms with E-state index in [-0.39, 0.29) is 31.8 Å². The number of esters is 2. The number of carbonyl (C=O) groups excluding carboxylic acids is 2. The lowest BCUT2D eigenvalue weighted by molar-refractivity contribution is -0.867. The van der Waals surface area contributed by atoms with Crippen LogP contribution >= 0.6 is 7.60 Å². The SMILES string of the molecule is CCCCCCCC/C=C\CCCCCCCC(=O)OC(COC(=O)CCCCCCCCCCCCCCC)COP(=O)(O)CC[N+](C)(C)C. The minimum absolute atomic E-state index is 0.00901. The summed E-state index contributed by atoms with van der Waals surface area (Å²) >= 11 is 0. The van der Waals surface area contributed by atoms with Gasteiger partial charge in [0.1, 0.15) is 6.61 Å². The molecule has 8 nitrogen and oxygen atoms in total. The second-order valence-electron chi connectivity index (χ2n) is 15.8. The molecular formula is C42H83NO7P+. The van der Waals surface area contributed by atoms with Crippen molar-refractivity contribution in [2.75, 3.05) is 47.1 Å². The monoisotopic (exact) mass is 745 g/mol. The Kier molecular flexibility index (Phi) is 33.7. The molecule has 0 aromatic carbocycles. The molecule has 0 aromatic heterocycles. The maximum absolute atomic E-state index is 12.7. The van der Waals surface area contributed by atoms with Gasteiger partial charge in [-0.25, -0.2) is 0 Å². The van der Waals surface area contributed by atoms with Crippen molar-refractivity contribution >= 4 is 19.5 Å². The number of hydrogen-bond donors (Lipinski definition) is 1. The Morgan fingerprint density at radius 3 is 1.41 bits per heavy atom. The van der Waals surface area contributed by atoms with Crippen molar-refractivity contribution in [1.82, 2.24) is 0 Å². The van der Waals surface area contributed by atoms with Gasteiger partial charge in [-0.05, 0) is 38.5 Å². The van der Waals surface area contributed by atoms with Crippen LogP contribution in [0.2, 0.25) is 0 Å². The van der Waals surface area contributed by atoms with E-state index < -0.39 is 19.7 Å². The van der Waals surface area contributed by atoms with Crippen LogP contribution in [0.5, 0.6) is 0 Å². The first kappa shape index (κ1) is 49.8.